The highest BCUT2D eigenvalue weighted by Crippen LogP contribution is 2.53. The summed E-state index contributed by atoms with van der Waals surface area (Å²) in [7, 11) is 0. The second kappa shape index (κ2) is 4.27. The Morgan fingerprint density at radius 2 is 2.24 bits per heavy atom. The summed E-state index contributed by atoms with van der Waals surface area (Å²) in [5, 5.41) is 9.20. The molecule has 2 rings (SSSR count). The van der Waals surface area contributed by atoms with Gasteiger partial charge in [0, 0.05) is 10.4 Å². The molecule has 0 saturated heterocycles. The SMILES string of the molecule is CC1(C)CC1C(=O)C(C#N)c1cccc(Br)c1. The van der Waals surface area contributed by atoms with E-state index in [-0.39, 0.29) is 17.1 Å². The van der Waals surface area contributed by atoms with Gasteiger partial charge in [0.1, 0.15) is 5.92 Å². The van der Waals surface area contributed by atoms with Gasteiger partial charge < -0.3 is 0 Å². The van der Waals surface area contributed by atoms with E-state index in [1.54, 1.807) is 0 Å². The van der Waals surface area contributed by atoms with Crippen LogP contribution in [-0.4, -0.2) is 5.78 Å². The van der Waals surface area contributed by atoms with Gasteiger partial charge >= 0.3 is 0 Å². The van der Waals surface area contributed by atoms with Gasteiger partial charge in [-0.15, -0.1) is 0 Å². The van der Waals surface area contributed by atoms with Crippen LogP contribution in [0.25, 0.3) is 0 Å². The lowest BCUT2D eigenvalue weighted by Crippen LogP contribution is -2.15. The van der Waals surface area contributed by atoms with E-state index in [1.807, 2.05) is 24.3 Å². The molecule has 1 aromatic rings. The summed E-state index contributed by atoms with van der Waals surface area (Å²) in [4.78, 5) is 12.2. The van der Waals surface area contributed by atoms with Crippen LogP contribution in [0.15, 0.2) is 28.7 Å². The van der Waals surface area contributed by atoms with Crippen LogP contribution >= 0.6 is 15.9 Å². The zero-order valence-corrected chi connectivity index (χ0v) is 11.5. The smallest absolute Gasteiger partial charge is 0.158 e. The molecule has 0 aromatic heterocycles. The average Bonchev–Trinajstić information content (AvgIpc) is 2.89. The molecular formula is C14H14BrNO. The Morgan fingerprint density at radius 1 is 1.59 bits per heavy atom. The zero-order chi connectivity index (χ0) is 12.6. The Labute approximate surface area is 110 Å². The lowest BCUT2D eigenvalue weighted by molar-refractivity contribution is -0.121. The molecule has 1 fully saturated rings. The summed E-state index contributed by atoms with van der Waals surface area (Å²) in [6, 6.07) is 9.57. The first-order valence-electron chi connectivity index (χ1n) is 5.64. The predicted octanol–water partition coefficient (Wildman–Crippen LogP) is 3.67. The first kappa shape index (κ1) is 12.3. The van der Waals surface area contributed by atoms with Gasteiger partial charge in [-0.3, -0.25) is 4.79 Å². The van der Waals surface area contributed by atoms with E-state index >= 15 is 0 Å². The Kier molecular flexibility index (Phi) is 3.09. The predicted molar refractivity (Wildman–Crippen MR) is 69.4 cm³/mol. The van der Waals surface area contributed by atoms with E-state index in [2.05, 4.69) is 35.8 Å². The number of halogens is 1. The quantitative estimate of drug-likeness (QED) is 0.852. The Bertz CT molecular complexity index is 501. The molecule has 0 bridgehead atoms. The van der Waals surface area contributed by atoms with Crippen molar-refractivity contribution < 1.29 is 4.79 Å². The van der Waals surface area contributed by atoms with Crippen LogP contribution in [0.4, 0.5) is 0 Å². The summed E-state index contributed by atoms with van der Waals surface area (Å²) in [6.45, 7) is 4.15. The standard InChI is InChI=1S/C14H14BrNO/c1-14(2)7-12(14)13(17)11(8-16)9-4-3-5-10(15)6-9/h3-6,11-12H,7H2,1-2H3. The monoisotopic (exact) mass is 291 g/mol. The van der Waals surface area contributed by atoms with Crippen LogP contribution in [0, 0.1) is 22.7 Å². The van der Waals surface area contributed by atoms with Crippen molar-refractivity contribution in [2.75, 3.05) is 0 Å². The molecular weight excluding hydrogens is 278 g/mol. The molecule has 0 spiro atoms. The third-order valence-electron chi connectivity index (χ3n) is 3.45. The fraction of sp³-hybridized carbons (Fsp3) is 0.429. The van der Waals surface area contributed by atoms with Crippen molar-refractivity contribution in [1.29, 1.82) is 5.26 Å². The van der Waals surface area contributed by atoms with Crippen molar-refractivity contribution >= 4 is 21.7 Å². The van der Waals surface area contributed by atoms with Crippen molar-refractivity contribution in [3.63, 3.8) is 0 Å². The highest BCUT2D eigenvalue weighted by molar-refractivity contribution is 9.10. The van der Waals surface area contributed by atoms with Crippen molar-refractivity contribution in [2.45, 2.75) is 26.2 Å². The van der Waals surface area contributed by atoms with Crippen LogP contribution in [0.5, 0.6) is 0 Å². The van der Waals surface area contributed by atoms with Crippen LogP contribution < -0.4 is 0 Å². The third kappa shape index (κ3) is 2.42. The average molecular weight is 292 g/mol. The number of nitriles is 1. The molecule has 2 nitrogen and oxygen atoms in total. The minimum Gasteiger partial charge on any atom is -0.298 e. The van der Waals surface area contributed by atoms with Crippen molar-refractivity contribution in [1.82, 2.24) is 0 Å². The Morgan fingerprint density at radius 3 is 2.71 bits per heavy atom. The second-order valence-electron chi connectivity index (χ2n) is 5.26. The molecule has 0 N–H and O–H groups in total. The number of nitrogens with zero attached hydrogens (tertiary/aromatic N) is 1. The first-order valence-corrected chi connectivity index (χ1v) is 6.44. The van der Waals surface area contributed by atoms with E-state index in [9.17, 15) is 10.1 Å². The molecule has 88 valence electrons. The fourth-order valence-electron chi connectivity index (χ4n) is 2.14. The number of hydrogen-bond acceptors (Lipinski definition) is 2. The molecule has 1 aromatic carbocycles. The summed E-state index contributed by atoms with van der Waals surface area (Å²) in [5.41, 5.74) is 0.868. The minimum absolute atomic E-state index is 0.0473. The van der Waals surface area contributed by atoms with Crippen molar-refractivity contribution in [3.05, 3.63) is 34.3 Å². The van der Waals surface area contributed by atoms with Gasteiger partial charge in [-0.05, 0) is 29.5 Å². The number of carbonyl (C=O) groups excluding carboxylic acids is 1. The van der Waals surface area contributed by atoms with E-state index < -0.39 is 5.92 Å². The van der Waals surface area contributed by atoms with Gasteiger partial charge in [0.25, 0.3) is 0 Å². The molecule has 0 amide bonds. The maximum Gasteiger partial charge on any atom is 0.158 e. The van der Waals surface area contributed by atoms with Crippen LogP contribution in [0.3, 0.4) is 0 Å². The Balaban J connectivity index is 2.24. The molecule has 3 heteroatoms. The molecule has 0 radical (unpaired) electrons. The summed E-state index contributed by atoms with van der Waals surface area (Å²) in [5.74, 6) is -0.513. The first-order chi connectivity index (χ1) is 7.95. The van der Waals surface area contributed by atoms with Crippen LogP contribution in [-0.2, 0) is 4.79 Å². The Hall–Kier alpha value is -1.14. The lowest BCUT2D eigenvalue weighted by atomic mass is 9.91. The molecule has 17 heavy (non-hydrogen) atoms. The number of Topliss-reactive ketones (excluding diaryl/α,β-unsaturated/α-hetero) is 1. The van der Waals surface area contributed by atoms with Gasteiger partial charge in [0.2, 0.25) is 0 Å². The van der Waals surface area contributed by atoms with E-state index in [1.165, 1.54) is 0 Å². The van der Waals surface area contributed by atoms with Crippen molar-refractivity contribution in [3.8, 4) is 6.07 Å². The fourth-order valence-corrected chi connectivity index (χ4v) is 2.56. The highest BCUT2D eigenvalue weighted by Gasteiger charge is 2.52. The van der Waals surface area contributed by atoms with Crippen LogP contribution in [0.2, 0.25) is 0 Å². The zero-order valence-electron chi connectivity index (χ0n) is 9.90. The molecule has 2 unspecified atom stereocenters. The molecule has 0 aliphatic heterocycles. The number of rotatable bonds is 3. The molecule has 0 heterocycles. The molecule has 2 atom stereocenters. The van der Waals surface area contributed by atoms with Crippen molar-refractivity contribution in [2.24, 2.45) is 11.3 Å². The highest BCUT2D eigenvalue weighted by atomic mass is 79.9. The summed E-state index contributed by atoms with van der Waals surface area (Å²) < 4.78 is 0.901. The van der Waals surface area contributed by atoms with Gasteiger partial charge in [-0.2, -0.15) is 5.26 Å². The largest absolute Gasteiger partial charge is 0.298 e. The number of hydrogen-bond donors (Lipinski definition) is 0. The third-order valence-corrected chi connectivity index (χ3v) is 3.95. The molecule has 1 aliphatic rings. The normalized spacial score (nSPS) is 22.6. The van der Waals surface area contributed by atoms with E-state index in [0.29, 0.717) is 0 Å². The minimum atomic E-state index is -0.626. The van der Waals surface area contributed by atoms with Gasteiger partial charge in [-0.25, -0.2) is 0 Å². The van der Waals surface area contributed by atoms with Gasteiger partial charge in [-0.1, -0.05) is 41.9 Å². The number of benzene rings is 1. The van der Waals surface area contributed by atoms with Gasteiger partial charge in [0.05, 0.1) is 6.07 Å². The summed E-state index contributed by atoms with van der Waals surface area (Å²) in [6.07, 6.45) is 0.901. The van der Waals surface area contributed by atoms with E-state index in [0.717, 1.165) is 16.5 Å². The van der Waals surface area contributed by atoms with E-state index in [4.69, 9.17) is 0 Å². The molecule has 1 aliphatic carbocycles. The topological polar surface area (TPSA) is 40.9 Å². The van der Waals surface area contributed by atoms with Crippen LogP contribution in [0.1, 0.15) is 31.7 Å². The second-order valence-corrected chi connectivity index (χ2v) is 6.18. The number of ketones is 1. The summed E-state index contributed by atoms with van der Waals surface area (Å²) >= 11 is 3.36. The molecule has 1 saturated carbocycles. The van der Waals surface area contributed by atoms with Gasteiger partial charge in [0.15, 0.2) is 5.78 Å². The maximum atomic E-state index is 12.2. The number of carbonyl (C=O) groups is 1. The lowest BCUT2D eigenvalue weighted by Gasteiger charge is -2.10. The maximum absolute atomic E-state index is 12.2.